The summed E-state index contributed by atoms with van der Waals surface area (Å²) in [7, 11) is 3.52. The third kappa shape index (κ3) is 6.89. The zero-order valence-corrected chi connectivity index (χ0v) is 13.1. The normalized spacial score (nSPS) is 14.4. The molecule has 114 valence electrons. The van der Waals surface area contributed by atoms with Crippen molar-refractivity contribution in [2.24, 2.45) is 0 Å². The quantitative estimate of drug-likeness (QED) is 0.575. The summed E-state index contributed by atoms with van der Waals surface area (Å²) in [5.74, 6) is -0.169. The van der Waals surface area contributed by atoms with Crippen LogP contribution in [0.5, 0.6) is 0 Å². The highest BCUT2D eigenvalue weighted by atomic mass is 16.5. The van der Waals surface area contributed by atoms with E-state index in [4.69, 9.17) is 9.47 Å². The zero-order chi connectivity index (χ0) is 14.7. The maximum Gasteiger partial charge on any atom is 0.326 e. The summed E-state index contributed by atoms with van der Waals surface area (Å²) in [4.78, 5) is 14.2. The minimum atomic E-state index is -0.587. The first-order valence-electron chi connectivity index (χ1n) is 7.11. The number of methoxy groups -OCH3 is 1. The van der Waals surface area contributed by atoms with Gasteiger partial charge >= 0.3 is 5.97 Å². The maximum atomic E-state index is 11.9. The zero-order valence-electron chi connectivity index (χ0n) is 13.1. The molecule has 5 heteroatoms. The predicted octanol–water partition coefficient (Wildman–Crippen LogP) is 1.28. The second-order valence-corrected chi connectivity index (χ2v) is 4.83. The summed E-state index contributed by atoms with van der Waals surface area (Å²) in [6.45, 7) is 9.94. The Hall–Kier alpha value is -0.650. The van der Waals surface area contributed by atoms with Crippen molar-refractivity contribution in [3.8, 4) is 0 Å². The van der Waals surface area contributed by atoms with E-state index in [1.54, 1.807) is 14.2 Å². The Bertz CT molecular complexity index is 249. The van der Waals surface area contributed by atoms with Gasteiger partial charge in [0.15, 0.2) is 0 Å². The molecule has 0 radical (unpaired) electrons. The summed E-state index contributed by atoms with van der Waals surface area (Å²) in [5.41, 5.74) is -0.587. The van der Waals surface area contributed by atoms with E-state index in [9.17, 15) is 4.79 Å². The molecule has 0 saturated carbocycles. The molecule has 1 unspecified atom stereocenters. The molecule has 1 N–H and O–H groups in total. The SMILES string of the molecule is CCOC(=O)C(C)(CCCN(CC)CCOC)NC. The maximum absolute atomic E-state index is 11.9. The highest BCUT2D eigenvalue weighted by molar-refractivity contribution is 5.80. The highest BCUT2D eigenvalue weighted by Gasteiger charge is 2.32. The highest BCUT2D eigenvalue weighted by Crippen LogP contribution is 2.14. The molecular formula is C14H30N2O3. The number of carbonyl (C=O) groups is 1. The van der Waals surface area contributed by atoms with Crippen LogP contribution in [-0.4, -0.2) is 63.4 Å². The van der Waals surface area contributed by atoms with Gasteiger partial charge in [0, 0.05) is 13.7 Å². The van der Waals surface area contributed by atoms with Crippen molar-refractivity contribution in [1.82, 2.24) is 10.2 Å². The molecule has 5 nitrogen and oxygen atoms in total. The van der Waals surface area contributed by atoms with Crippen LogP contribution < -0.4 is 5.32 Å². The van der Waals surface area contributed by atoms with Crippen LogP contribution in [0, 0.1) is 0 Å². The van der Waals surface area contributed by atoms with E-state index in [1.165, 1.54) is 0 Å². The van der Waals surface area contributed by atoms with Crippen LogP contribution in [0.3, 0.4) is 0 Å². The monoisotopic (exact) mass is 274 g/mol. The van der Waals surface area contributed by atoms with Crippen molar-refractivity contribution in [2.75, 3.05) is 47.0 Å². The number of carbonyl (C=O) groups excluding carboxylic acids is 1. The number of likely N-dealkylation sites (N-methyl/N-ethyl adjacent to an activating group) is 2. The number of hydrogen-bond donors (Lipinski definition) is 1. The second-order valence-electron chi connectivity index (χ2n) is 4.83. The number of ether oxygens (including phenoxy) is 2. The van der Waals surface area contributed by atoms with Crippen molar-refractivity contribution < 1.29 is 14.3 Å². The van der Waals surface area contributed by atoms with E-state index in [0.29, 0.717) is 6.61 Å². The van der Waals surface area contributed by atoms with Crippen LogP contribution in [0.2, 0.25) is 0 Å². The smallest absolute Gasteiger partial charge is 0.326 e. The van der Waals surface area contributed by atoms with Crippen molar-refractivity contribution >= 4 is 5.97 Å². The fourth-order valence-corrected chi connectivity index (χ4v) is 1.92. The molecule has 0 saturated heterocycles. The van der Waals surface area contributed by atoms with E-state index < -0.39 is 5.54 Å². The topological polar surface area (TPSA) is 50.8 Å². The van der Waals surface area contributed by atoms with Crippen LogP contribution >= 0.6 is 0 Å². The standard InChI is InChI=1S/C14H30N2O3/c1-6-16(11-12-18-5)10-8-9-14(3,15-4)13(17)19-7-2/h15H,6-12H2,1-5H3. The Morgan fingerprint density at radius 3 is 2.47 bits per heavy atom. The van der Waals surface area contributed by atoms with Gasteiger partial charge in [0.25, 0.3) is 0 Å². The first-order chi connectivity index (χ1) is 9.03. The van der Waals surface area contributed by atoms with Gasteiger partial charge in [-0.3, -0.25) is 4.79 Å². The largest absolute Gasteiger partial charge is 0.465 e. The molecule has 0 aromatic rings. The van der Waals surface area contributed by atoms with Gasteiger partial charge in [0.2, 0.25) is 0 Å². The lowest BCUT2D eigenvalue weighted by Crippen LogP contribution is -2.49. The molecule has 0 aliphatic heterocycles. The molecule has 0 fully saturated rings. The molecule has 0 aliphatic rings. The number of hydrogen-bond acceptors (Lipinski definition) is 5. The number of rotatable bonds is 11. The molecule has 0 amide bonds. The second kappa shape index (κ2) is 10.2. The van der Waals surface area contributed by atoms with E-state index in [0.717, 1.165) is 39.1 Å². The van der Waals surface area contributed by atoms with Crippen LogP contribution in [0.25, 0.3) is 0 Å². The van der Waals surface area contributed by atoms with Crippen LogP contribution in [0.15, 0.2) is 0 Å². The fourth-order valence-electron chi connectivity index (χ4n) is 1.92. The lowest BCUT2D eigenvalue weighted by Gasteiger charge is -2.28. The Balaban J connectivity index is 4.15. The average Bonchev–Trinajstić information content (AvgIpc) is 2.42. The molecule has 0 aromatic carbocycles. The minimum absolute atomic E-state index is 0.169. The van der Waals surface area contributed by atoms with E-state index >= 15 is 0 Å². The number of nitrogens with one attached hydrogen (secondary N) is 1. The van der Waals surface area contributed by atoms with E-state index in [2.05, 4.69) is 17.1 Å². The molecule has 0 spiro atoms. The molecule has 0 heterocycles. The van der Waals surface area contributed by atoms with Crippen LogP contribution in [0.1, 0.15) is 33.6 Å². The van der Waals surface area contributed by atoms with Crippen LogP contribution in [0.4, 0.5) is 0 Å². The van der Waals surface area contributed by atoms with Gasteiger partial charge in [-0.15, -0.1) is 0 Å². The van der Waals surface area contributed by atoms with Gasteiger partial charge in [-0.2, -0.15) is 0 Å². The van der Waals surface area contributed by atoms with Gasteiger partial charge in [-0.1, -0.05) is 6.92 Å². The molecule has 0 bridgehead atoms. The third-order valence-electron chi connectivity index (χ3n) is 3.49. The summed E-state index contributed by atoms with van der Waals surface area (Å²) < 4.78 is 10.2. The Labute approximate surface area is 117 Å². The summed E-state index contributed by atoms with van der Waals surface area (Å²) in [5, 5.41) is 3.08. The molecule has 19 heavy (non-hydrogen) atoms. The lowest BCUT2D eigenvalue weighted by atomic mass is 9.96. The lowest BCUT2D eigenvalue weighted by molar-refractivity contribution is -0.150. The minimum Gasteiger partial charge on any atom is -0.465 e. The average molecular weight is 274 g/mol. The number of nitrogens with zero attached hydrogens (tertiary/aromatic N) is 1. The van der Waals surface area contributed by atoms with Crippen molar-refractivity contribution in [3.63, 3.8) is 0 Å². The molecule has 0 rings (SSSR count). The van der Waals surface area contributed by atoms with Gasteiger partial charge in [-0.05, 0) is 46.8 Å². The Morgan fingerprint density at radius 1 is 1.32 bits per heavy atom. The van der Waals surface area contributed by atoms with Crippen molar-refractivity contribution in [3.05, 3.63) is 0 Å². The predicted molar refractivity (Wildman–Crippen MR) is 77.3 cm³/mol. The van der Waals surface area contributed by atoms with Crippen molar-refractivity contribution in [2.45, 2.75) is 39.2 Å². The fraction of sp³-hybridized carbons (Fsp3) is 0.929. The van der Waals surface area contributed by atoms with Crippen LogP contribution in [-0.2, 0) is 14.3 Å². The van der Waals surface area contributed by atoms with Gasteiger partial charge in [-0.25, -0.2) is 0 Å². The first kappa shape index (κ1) is 18.4. The Morgan fingerprint density at radius 2 is 2.00 bits per heavy atom. The van der Waals surface area contributed by atoms with Gasteiger partial charge in [0.05, 0.1) is 13.2 Å². The third-order valence-corrected chi connectivity index (χ3v) is 3.49. The summed E-state index contributed by atoms with van der Waals surface area (Å²) in [6.07, 6.45) is 1.72. The van der Waals surface area contributed by atoms with Gasteiger partial charge in [0.1, 0.15) is 5.54 Å². The van der Waals surface area contributed by atoms with E-state index in [-0.39, 0.29) is 5.97 Å². The molecule has 0 aromatic heterocycles. The Kier molecular flexibility index (Phi) is 9.83. The van der Waals surface area contributed by atoms with Crippen molar-refractivity contribution in [1.29, 1.82) is 0 Å². The first-order valence-corrected chi connectivity index (χ1v) is 7.11. The van der Waals surface area contributed by atoms with E-state index in [1.807, 2.05) is 13.8 Å². The summed E-state index contributed by atoms with van der Waals surface area (Å²) in [6, 6.07) is 0. The molecule has 0 aliphatic carbocycles. The van der Waals surface area contributed by atoms with Gasteiger partial charge < -0.3 is 19.7 Å². The summed E-state index contributed by atoms with van der Waals surface area (Å²) >= 11 is 0. The molecule has 1 atom stereocenters. The number of esters is 1. The molecular weight excluding hydrogens is 244 g/mol.